The van der Waals surface area contributed by atoms with Crippen molar-refractivity contribution in [2.75, 3.05) is 7.05 Å². The van der Waals surface area contributed by atoms with Gasteiger partial charge in [-0.3, -0.25) is 0 Å². The van der Waals surface area contributed by atoms with E-state index in [0.717, 1.165) is 6.42 Å². The summed E-state index contributed by atoms with van der Waals surface area (Å²) >= 11 is 14.5. The molecule has 1 unspecified atom stereocenters. The third kappa shape index (κ3) is 3.67. The van der Waals surface area contributed by atoms with Gasteiger partial charge in [0.05, 0.1) is 10.0 Å². The Labute approximate surface area is 143 Å². The summed E-state index contributed by atoms with van der Waals surface area (Å²) in [5, 5.41) is 4.60. The van der Waals surface area contributed by atoms with E-state index < -0.39 is 0 Å². The molecule has 20 heavy (non-hydrogen) atoms. The largest absolute Gasteiger partial charge is 0.313 e. The first-order valence-electron chi connectivity index (χ1n) is 6.39. The SMILES string of the molecule is CNC(Cc1ccc(Cl)c(Cl)c1)c1cccc(C)c1I. The maximum absolute atomic E-state index is 6.09. The first-order valence-corrected chi connectivity index (χ1v) is 8.22. The zero-order valence-electron chi connectivity index (χ0n) is 11.4. The van der Waals surface area contributed by atoms with E-state index in [0.29, 0.717) is 10.0 Å². The van der Waals surface area contributed by atoms with Crippen molar-refractivity contribution in [3.8, 4) is 0 Å². The summed E-state index contributed by atoms with van der Waals surface area (Å²) in [7, 11) is 1.99. The molecule has 2 aromatic rings. The zero-order chi connectivity index (χ0) is 14.7. The molecule has 0 fully saturated rings. The number of aryl methyl sites for hydroxylation is 1. The van der Waals surface area contributed by atoms with Crippen LogP contribution in [0.4, 0.5) is 0 Å². The number of rotatable bonds is 4. The van der Waals surface area contributed by atoms with Gasteiger partial charge in [-0.15, -0.1) is 0 Å². The van der Waals surface area contributed by atoms with Crippen LogP contribution in [0.3, 0.4) is 0 Å². The maximum Gasteiger partial charge on any atom is 0.0595 e. The Balaban J connectivity index is 2.28. The molecule has 0 spiro atoms. The molecular weight excluding hydrogens is 404 g/mol. The Bertz CT molecular complexity index is 613. The van der Waals surface area contributed by atoms with Gasteiger partial charge in [0.15, 0.2) is 0 Å². The van der Waals surface area contributed by atoms with Crippen LogP contribution in [-0.4, -0.2) is 7.05 Å². The highest BCUT2D eigenvalue weighted by Crippen LogP contribution is 2.28. The minimum atomic E-state index is 0.263. The van der Waals surface area contributed by atoms with Gasteiger partial charge in [0, 0.05) is 9.61 Å². The van der Waals surface area contributed by atoms with E-state index in [2.05, 4.69) is 53.0 Å². The minimum absolute atomic E-state index is 0.263. The van der Waals surface area contributed by atoms with Crippen LogP contribution >= 0.6 is 45.8 Å². The fraction of sp³-hybridized carbons (Fsp3) is 0.250. The van der Waals surface area contributed by atoms with Gasteiger partial charge in [-0.2, -0.15) is 0 Å². The molecule has 0 aliphatic rings. The van der Waals surface area contributed by atoms with Gasteiger partial charge in [0.2, 0.25) is 0 Å². The number of hydrogen-bond donors (Lipinski definition) is 1. The molecule has 0 heterocycles. The molecule has 1 nitrogen and oxygen atoms in total. The van der Waals surface area contributed by atoms with Gasteiger partial charge in [0.25, 0.3) is 0 Å². The Morgan fingerprint density at radius 3 is 2.55 bits per heavy atom. The van der Waals surface area contributed by atoms with E-state index in [1.54, 1.807) is 0 Å². The van der Waals surface area contributed by atoms with Crippen LogP contribution in [-0.2, 0) is 6.42 Å². The van der Waals surface area contributed by atoms with E-state index in [-0.39, 0.29) is 6.04 Å². The van der Waals surface area contributed by atoms with Crippen LogP contribution in [0.25, 0.3) is 0 Å². The predicted octanol–water partition coefficient (Wildman–Crippen LogP) is 5.41. The average Bonchev–Trinajstić information content (AvgIpc) is 2.43. The molecular formula is C16H16Cl2IN. The van der Waals surface area contributed by atoms with Crippen molar-refractivity contribution in [2.45, 2.75) is 19.4 Å². The molecule has 0 saturated heterocycles. The van der Waals surface area contributed by atoms with Crippen LogP contribution in [0.15, 0.2) is 36.4 Å². The van der Waals surface area contributed by atoms with Crippen LogP contribution < -0.4 is 5.32 Å². The summed E-state index contributed by atoms with van der Waals surface area (Å²) in [5.74, 6) is 0. The standard InChI is InChI=1S/C16H16Cl2IN/c1-10-4-3-5-12(16(10)19)15(20-2)9-11-6-7-13(17)14(18)8-11/h3-8,15,20H,9H2,1-2H3. The smallest absolute Gasteiger partial charge is 0.0595 e. The normalized spacial score (nSPS) is 12.4. The Morgan fingerprint density at radius 2 is 1.90 bits per heavy atom. The summed E-state index contributed by atoms with van der Waals surface area (Å²) in [6, 6.07) is 12.5. The monoisotopic (exact) mass is 419 g/mol. The topological polar surface area (TPSA) is 12.0 Å². The molecule has 0 bridgehead atoms. The van der Waals surface area contributed by atoms with E-state index in [9.17, 15) is 0 Å². The Hall–Kier alpha value is -0.290. The fourth-order valence-electron chi connectivity index (χ4n) is 2.21. The molecule has 4 heteroatoms. The van der Waals surface area contributed by atoms with Crippen LogP contribution in [0.2, 0.25) is 10.0 Å². The average molecular weight is 420 g/mol. The summed E-state index contributed by atoms with van der Waals surface area (Å²) < 4.78 is 1.31. The molecule has 1 atom stereocenters. The van der Waals surface area contributed by atoms with Crippen molar-refractivity contribution in [3.05, 3.63) is 66.7 Å². The number of hydrogen-bond acceptors (Lipinski definition) is 1. The second-order valence-corrected chi connectivity index (χ2v) is 6.67. The highest BCUT2D eigenvalue weighted by molar-refractivity contribution is 14.1. The molecule has 0 aliphatic heterocycles. The predicted molar refractivity (Wildman–Crippen MR) is 95.9 cm³/mol. The third-order valence-corrected chi connectivity index (χ3v) is 5.58. The lowest BCUT2D eigenvalue weighted by molar-refractivity contribution is 0.589. The number of halogens is 3. The van der Waals surface area contributed by atoms with Crippen LogP contribution in [0.5, 0.6) is 0 Å². The van der Waals surface area contributed by atoms with Crippen LogP contribution in [0, 0.1) is 10.5 Å². The van der Waals surface area contributed by atoms with E-state index in [4.69, 9.17) is 23.2 Å². The maximum atomic E-state index is 6.09. The summed E-state index contributed by atoms with van der Waals surface area (Å²) in [4.78, 5) is 0. The lowest BCUT2D eigenvalue weighted by Gasteiger charge is -2.19. The lowest BCUT2D eigenvalue weighted by Crippen LogP contribution is -2.20. The molecule has 0 amide bonds. The van der Waals surface area contributed by atoms with Crippen molar-refractivity contribution in [3.63, 3.8) is 0 Å². The summed E-state index contributed by atoms with van der Waals surface area (Å²) in [6.45, 7) is 2.14. The van der Waals surface area contributed by atoms with Gasteiger partial charge >= 0.3 is 0 Å². The van der Waals surface area contributed by atoms with Crippen molar-refractivity contribution in [1.82, 2.24) is 5.32 Å². The number of likely N-dealkylation sites (N-methyl/N-ethyl adjacent to an activating group) is 1. The Kier molecular flexibility index (Phi) is 5.73. The first kappa shape index (κ1) is 16.1. The van der Waals surface area contributed by atoms with E-state index >= 15 is 0 Å². The molecule has 0 aromatic heterocycles. The molecule has 2 aromatic carbocycles. The first-order chi connectivity index (χ1) is 9.52. The molecule has 2 rings (SSSR count). The van der Waals surface area contributed by atoms with Crippen molar-refractivity contribution >= 4 is 45.8 Å². The molecule has 1 N–H and O–H groups in total. The van der Waals surface area contributed by atoms with Crippen molar-refractivity contribution in [2.24, 2.45) is 0 Å². The molecule has 0 saturated carbocycles. The second-order valence-electron chi connectivity index (χ2n) is 4.77. The van der Waals surface area contributed by atoms with E-state index in [1.165, 1.54) is 20.3 Å². The van der Waals surface area contributed by atoms with Crippen LogP contribution in [0.1, 0.15) is 22.7 Å². The van der Waals surface area contributed by atoms with Gasteiger partial charge < -0.3 is 5.32 Å². The molecule has 0 radical (unpaired) electrons. The quantitative estimate of drug-likeness (QED) is 0.653. The van der Waals surface area contributed by atoms with Gasteiger partial charge in [-0.25, -0.2) is 0 Å². The Morgan fingerprint density at radius 1 is 1.15 bits per heavy atom. The lowest BCUT2D eigenvalue weighted by atomic mass is 9.98. The zero-order valence-corrected chi connectivity index (χ0v) is 15.1. The van der Waals surface area contributed by atoms with Crippen molar-refractivity contribution < 1.29 is 0 Å². The van der Waals surface area contributed by atoms with Gasteiger partial charge in [-0.1, -0.05) is 47.5 Å². The number of benzene rings is 2. The van der Waals surface area contributed by atoms with Gasteiger partial charge in [-0.05, 0) is 71.8 Å². The summed E-state index contributed by atoms with van der Waals surface area (Å²) in [5.41, 5.74) is 3.80. The molecule has 0 aliphatic carbocycles. The molecule has 106 valence electrons. The fourth-order valence-corrected chi connectivity index (χ4v) is 3.27. The highest BCUT2D eigenvalue weighted by Gasteiger charge is 2.14. The third-order valence-electron chi connectivity index (χ3n) is 3.37. The minimum Gasteiger partial charge on any atom is -0.313 e. The number of nitrogens with one attached hydrogen (secondary N) is 1. The van der Waals surface area contributed by atoms with Crippen molar-refractivity contribution in [1.29, 1.82) is 0 Å². The van der Waals surface area contributed by atoms with E-state index in [1.807, 2.05) is 25.2 Å². The highest BCUT2D eigenvalue weighted by atomic mass is 127. The second kappa shape index (κ2) is 7.12. The van der Waals surface area contributed by atoms with Gasteiger partial charge in [0.1, 0.15) is 0 Å². The summed E-state index contributed by atoms with van der Waals surface area (Å²) in [6.07, 6.45) is 0.882.